The molecule has 2 N–H and O–H groups in total. The van der Waals surface area contributed by atoms with Crippen molar-refractivity contribution in [2.24, 2.45) is 0 Å². The third-order valence-corrected chi connectivity index (χ3v) is 3.17. The van der Waals surface area contributed by atoms with Crippen LogP contribution >= 0.6 is 0 Å². The molecule has 1 aliphatic rings. The first-order valence-electron chi connectivity index (χ1n) is 6.35. The van der Waals surface area contributed by atoms with Crippen molar-refractivity contribution in [2.45, 2.75) is 39.0 Å². The molecule has 17 heavy (non-hydrogen) atoms. The van der Waals surface area contributed by atoms with E-state index in [2.05, 4.69) is 48.3 Å². The Bertz CT molecular complexity index is 340. The van der Waals surface area contributed by atoms with Crippen LogP contribution in [0.3, 0.4) is 0 Å². The molecular weight excluding hydrogens is 212 g/mol. The molecule has 0 aliphatic carbocycles. The highest BCUT2D eigenvalue weighted by molar-refractivity contribution is 5.30. The monoisotopic (exact) mass is 234 g/mol. The summed E-state index contributed by atoms with van der Waals surface area (Å²) in [4.78, 5) is 2.39. The number of hydrogen-bond donors (Lipinski definition) is 2. The van der Waals surface area contributed by atoms with Gasteiger partial charge in [0.2, 0.25) is 0 Å². The van der Waals surface area contributed by atoms with E-state index in [0.717, 1.165) is 19.6 Å². The standard InChI is InChI=1S/C14H22N2O/c1-11(2)15-14(10-17)9-16-7-12-5-3-4-6-13(12)8-16/h3-6,11,14-15,17H,7-10H2,1-2H3. The highest BCUT2D eigenvalue weighted by atomic mass is 16.3. The van der Waals surface area contributed by atoms with Crippen molar-refractivity contribution in [3.05, 3.63) is 35.4 Å². The molecule has 1 aliphatic heterocycles. The van der Waals surface area contributed by atoms with Gasteiger partial charge in [0.05, 0.1) is 6.61 Å². The molecule has 1 aromatic carbocycles. The number of fused-ring (bicyclic) bond motifs is 1. The van der Waals surface area contributed by atoms with E-state index in [0.29, 0.717) is 6.04 Å². The van der Waals surface area contributed by atoms with Gasteiger partial charge in [0.25, 0.3) is 0 Å². The van der Waals surface area contributed by atoms with Crippen LogP contribution in [-0.2, 0) is 13.1 Å². The van der Waals surface area contributed by atoms with Gasteiger partial charge in [0, 0.05) is 31.7 Å². The second kappa shape index (κ2) is 5.63. The minimum Gasteiger partial charge on any atom is -0.395 e. The van der Waals surface area contributed by atoms with Crippen LogP contribution in [0.15, 0.2) is 24.3 Å². The van der Waals surface area contributed by atoms with Gasteiger partial charge in [0.1, 0.15) is 0 Å². The molecule has 1 heterocycles. The molecule has 1 unspecified atom stereocenters. The van der Waals surface area contributed by atoms with E-state index >= 15 is 0 Å². The molecule has 1 atom stereocenters. The molecule has 0 bridgehead atoms. The van der Waals surface area contributed by atoms with Crippen molar-refractivity contribution >= 4 is 0 Å². The lowest BCUT2D eigenvalue weighted by atomic mass is 10.1. The lowest BCUT2D eigenvalue weighted by molar-refractivity contribution is 0.176. The Morgan fingerprint density at radius 3 is 2.29 bits per heavy atom. The van der Waals surface area contributed by atoms with Crippen LogP contribution in [0, 0.1) is 0 Å². The summed E-state index contributed by atoms with van der Waals surface area (Å²) in [6.07, 6.45) is 0. The van der Waals surface area contributed by atoms with Crippen LogP contribution in [0.25, 0.3) is 0 Å². The number of rotatable bonds is 5. The Kier molecular flexibility index (Phi) is 4.15. The predicted octanol–water partition coefficient (Wildman–Crippen LogP) is 1.36. The fraction of sp³-hybridized carbons (Fsp3) is 0.571. The lowest BCUT2D eigenvalue weighted by Crippen LogP contribution is -2.44. The second-order valence-electron chi connectivity index (χ2n) is 5.14. The average molecular weight is 234 g/mol. The van der Waals surface area contributed by atoms with Crippen molar-refractivity contribution in [1.29, 1.82) is 0 Å². The summed E-state index contributed by atoms with van der Waals surface area (Å²) < 4.78 is 0. The number of nitrogens with one attached hydrogen (secondary N) is 1. The van der Waals surface area contributed by atoms with Gasteiger partial charge in [-0.2, -0.15) is 0 Å². The zero-order chi connectivity index (χ0) is 12.3. The Balaban J connectivity index is 1.90. The molecule has 3 nitrogen and oxygen atoms in total. The Morgan fingerprint density at radius 1 is 1.24 bits per heavy atom. The van der Waals surface area contributed by atoms with Crippen LogP contribution in [0.5, 0.6) is 0 Å². The first-order chi connectivity index (χ1) is 8.19. The van der Waals surface area contributed by atoms with Crippen LogP contribution < -0.4 is 5.32 Å². The van der Waals surface area contributed by atoms with E-state index in [-0.39, 0.29) is 12.6 Å². The van der Waals surface area contributed by atoms with Crippen molar-refractivity contribution in [3.63, 3.8) is 0 Å². The molecule has 0 aromatic heterocycles. The van der Waals surface area contributed by atoms with Crippen LogP contribution in [0.2, 0.25) is 0 Å². The minimum atomic E-state index is 0.171. The number of nitrogens with zero attached hydrogens (tertiary/aromatic N) is 1. The third kappa shape index (κ3) is 3.28. The Hall–Kier alpha value is -0.900. The smallest absolute Gasteiger partial charge is 0.0597 e. The molecule has 3 heteroatoms. The fourth-order valence-electron chi connectivity index (χ4n) is 2.48. The molecule has 94 valence electrons. The first kappa shape index (κ1) is 12.6. The molecule has 0 radical (unpaired) electrons. The average Bonchev–Trinajstić information content (AvgIpc) is 2.69. The van der Waals surface area contributed by atoms with Crippen molar-refractivity contribution in [3.8, 4) is 0 Å². The van der Waals surface area contributed by atoms with Gasteiger partial charge in [-0.25, -0.2) is 0 Å². The zero-order valence-electron chi connectivity index (χ0n) is 10.7. The molecule has 0 saturated carbocycles. The third-order valence-electron chi connectivity index (χ3n) is 3.17. The molecule has 0 spiro atoms. The number of aliphatic hydroxyl groups excluding tert-OH is 1. The van der Waals surface area contributed by atoms with Crippen LogP contribution in [0.4, 0.5) is 0 Å². The summed E-state index contributed by atoms with van der Waals surface area (Å²) in [5.74, 6) is 0. The van der Waals surface area contributed by atoms with Crippen LogP contribution in [0.1, 0.15) is 25.0 Å². The highest BCUT2D eigenvalue weighted by Gasteiger charge is 2.21. The van der Waals surface area contributed by atoms with E-state index in [9.17, 15) is 5.11 Å². The van der Waals surface area contributed by atoms with E-state index in [1.807, 2.05) is 0 Å². The number of hydrogen-bond acceptors (Lipinski definition) is 3. The summed E-state index contributed by atoms with van der Waals surface area (Å²) in [5, 5.41) is 12.8. The van der Waals surface area contributed by atoms with Crippen molar-refractivity contribution in [1.82, 2.24) is 10.2 Å². The summed E-state index contributed by atoms with van der Waals surface area (Å²) >= 11 is 0. The number of aliphatic hydroxyl groups is 1. The van der Waals surface area contributed by atoms with Gasteiger partial charge in [-0.15, -0.1) is 0 Å². The van der Waals surface area contributed by atoms with Gasteiger partial charge < -0.3 is 10.4 Å². The minimum absolute atomic E-state index is 0.171. The van der Waals surface area contributed by atoms with Gasteiger partial charge >= 0.3 is 0 Å². The van der Waals surface area contributed by atoms with Gasteiger partial charge in [0.15, 0.2) is 0 Å². The van der Waals surface area contributed by atoms with Gasteiger partial charge in [-0.3, -0.25) is 4.90 Å². The van der Waals surface area contributed by atoms with Gasteiger partial charge in [-0.1, -0.05) is 38.1 Å². The summed E-state index contributed by atoms with van der Waals surface area (Å²) in [6.45, 7) is 7.34. The van der Waals surface area contributed by atoms with E-state index in [1.165, 1.54) is 11.1 Å². The quantitative estimate of drug-likeness (QED) is 0.807. The maximum atomic E-state index is 9.36. The molecule has 0 fully saturated rings. The SMILES string of the molecule is CC(C)NC(CO)CN1Cc2ccccc2C1. The first-order valence-corrected chi connectivity index (χ1v) is 6.35. The molecule has 2 rings (SSSR count). The fourth-order valence-corrected chi connectivity index (χ4v) is 2.48. The lowest BCUT2D eigenvalue weighted by Gasteiger charge is -2.24. The van der Waals surface area contributed by atoms with Gasteiger partial charge in [-0.05, 0) is 11.1 Å². The molecule has 1 aromatic rings. The normalized spacial score (nSPS) is 17.4. The summed E-state index contributed by atoms with van der Waals surface area (Å²) in [7, 11) is 0. The maximum Gasteiger partial charge on any atom is 0.0597 e. The zero-order valence-corrected chi connectivity index (χ0v) is 10.7. The summed E-state index contributed by atoms with van der Waals surface area (Å²) in [6, 6.07) is 9.16. The largest absolute Gasteiger partial charge is 0.395 e. The highest BCUT2D eigenvalue weighted by Crippen LogP contribution is 2.21. The Labute approximate surface area is 103 Å². The summed E-state index contributed by atoms with van der Waals surface area (Å²) in [5.41, 5.74) is 2.85. The van der Waals surface area contributed by atoms with E-state index in [1.54, 1.807) is 0 Å². The van der Waals surface area contributed by atoms with Crippen LogP contribution in [-0.4, -0.2) is 35.2 Å². The Morgan fingerprint density at radius 2 is 1.82 bits per heavy atom. The maximum absolute atomic E-state index is 9.36. The predicted molar refractivity (Wildman–Crippen MR) is 69.7 cm³/mol. The topological polar surface area (TPSA) is 35.5 Å². The molecule has 0 amide bonds. The number of benzene rings is 1. The van der Waals surface area contributed by atoms with E-state index in [4.69, 9.17) is 0 Å². The van der Waals surface area contributed by atoms with Crippen molar-refractivity contribution < 1.29 is 5.11 Å². The second-order valence-corrected chi connectivity index (χ2v) is 5.14. The molecule has 0 saturated heterocycles. The molecular formula is C14H22N2O. The van der Waals surface area contributed by atoms with E-state index < -0.39 is 0 Å². The van der Waals surface area contributed by atoms with Crippen molar-refractivity contribution in [2.75, 3.05) is 13.2 Å².